The van der Waals surface area contributed by atoms with Crippen molar-refractivity contribution in [3.8, 4) is 5.75 Å². The number of carbonyl (C=O) groups is 2. The van der Waals surface area contributed by atoms with Gasteiger partial charge >= 0.3 is 0 Å². The molecule has 126 valence electrons. The van der Waals surface area contributed by atoms with Gasteiger partial charge in [0, 0.05) is 6.54 Å². The molecule has 1 heterocycles. The summed E-state index contributed by atoms with van der Waals surface area (Å²) in [5.41, 5.74) is 0. The van der Waals surface area contributed by atoms with Crippen LogP contribution in [0.5, 0.6) is 5.75 Å². The van der Waals surface area contributed by atoms with Gasteiger partial charge in [-0.25, -0.2) is 0 Å². The Hall–Kier alpha value is -2.56. The van der Waals surface area contributed by atoms with Gasteiger partial charge in [0.2, 0.25) is 11.8 Å². The molecule has 2 N–H and O–H groups in total. The SMILES string of the molecule is O=C(CCOc1ccc2ccccc2c1)N[C@H]1CCCCNC1=O. The smallest absolute Gasteiger partial charge is 0.242 e. The van der Waals surface area contributed by atoms with Gasteiger partial charge in [0.05, 0.1) is 13.0 Å². The first kappa shape index (κ1) is 16.3. The van der Waals surface area contributed by atoms with E-state index in [1.54, 1.807) is 0 Å². The molecule has 0 radical (unpaired) electrons. The van der Waals surface area contributed by atoms with Gasteiger partial charge < -0.3 is 15.4 Å². The average Bonchev–Trinajstić information content (AvgIpc) is 2.79. The predicted octanol–water partition coefficient (Wildman–Crippen LogP) is 2.39. The third-order valence-corrected chi connectivity index (χ3v) is 4.19. The summed E-state index contributed by atoms with van der Waals surface area (Å²) in [6.45, 7) is 0.981. The maximum atomic E-state index is 12.0. The minimum absolute atomic E-state index is 0.0868. The molecule has 1 aliphatic heterocycles. The number of nitrogens with one attached hydrogen (secondary N) is 2. The van der Waals surface area contributed by atoms with Gasteiger partial charge in [0.1, 0.15) is 11.8 Å². The van der Waals surface area contributed by atoms with Crippen LogP contribution < -0.4 is 15.4 Å². The van der Waals surface area contributed by atoms with E-state index in [-0.39, 0.29) is 18.2 Å². The van der Waals surface area contributed by atoms with E-state index in [1.807, 2.05) is 42.5 Å². The summed E-state index contributed by atoms with van der Waals surface area (Å²) >= 11 is 0. The monoisotopic (exact) mass is 326 g/mol. The molecule has 24 heavy (non-hydrogen) atoms. The Morgan fingerprint density at radius 2 is 2.00 bits per heavy atom. The first-order valence-corrected chi connectivity index (χ1v) is 8.41. The summed E-state index contributed by atoms with van der Waals surface area (Å²) < 4.78 is 5.66. The zero-order valence-corrected chi connectivity index (χ0v) is 13.6. The number of rotatable bonds is 5. The summed E-state index contributed by atoms with van der Waals surface area (Å²) in [7, 11) is 0. The van der Waals surface area contributed by atoms with Crippen molar-refractivity contribution in [2.24, 2.45) is 0 Å². The molecule has 0 spiro atoms. The maximum Gasteiger partial charge on any atom is 0.242 e. The molecule has 0 bridgehead atoms. The molecule has 2 aromatic rings. The first-order chi connectivity index (χ1) is 11.7. The summed E-state index contributed by atoms with van der Waals surface area (Å²) in [5, 5.41) is 7.87. The molecule has 1 atom stereocenters. The van der Waals surface area contributed by atoms with Crippen molar-refractivity contribution >= 4 is 22.6 Å². The van der Waals surface area contributed by atoms with Crippen LogP contribution in [0.15, 0.2) is 42.5 Å². The van der Waals surface area contributed by atoms with Gasteiger partial charge in [-0.1, -0.05) is 30.3 Å². The van der Waals surface area contributed by atoms with Crippen molar-refractivity contribution in [2.45, 2.75) is 31.7 Å². The molecule has 5 heteroatoms. The van der Waals surface area contributed by atoms with Crippen molar-refractivity contribution in [2.75, 3.05) is 13.2 Å². The molecule has 0 aliphatic carbocycles. The summed E-state index contributed by atoms with van der Waals surface area (Å²) in [5.74, 6) is 0.503. The van der Waals surface area contributed by atoms with E-state index in [9.17, 15) is 9.59 Å². The number of amides is 2. The van der Waals surface area contributed by atoms with E-state index < -0.39 is 6.04 Å². The number of fused-ring (bicyclic) bond motifs is 1. The van der Waals surface area contributed by atoms with Crippen LogP contribution in [0, 0.1) is 0 Å². The van der Waals surface area contributed by atoms with E-state index in [1.165, 1.54) is 0 Å². The third-order valence-electron chi connectivity index (χ3n) is 4.19. The van der Waals surface area contributed by atoms with Crippen LogP contribution in [-0.2, 0) is 9.59 Å². The van der Waals surface area contributed by atoms with E-state index in [0.29, 0.717) is 19.6 Å². The molecule has 1 aliphatic rings. The van der Waals surface area contributed by atoms with Gasteiger partial charge in [-0.15, -0.1) is 0 Å². The largest absolute Gasteiger partial charge is 0.493 e. The quantitative estimate of drug-likeness (QED) is 0.886. The second-order valence-corrected chi connectivity index (χ2v) is 6.01. The van der Waals surface area contributed by atoms with Gasteiger partial charge in [0.15, 0.2) is 0 Å². The number of hydrogen-bond donors (Lipinski definition) is 2. The van der Waals surface area contributed by atoms with Gasteiger partial charge in [0.25, 0.3) is 0 Å². The summed E-state index contributed by atoms with van der Waals surface area (Å²) in [6, 6.07) is 13.5. The molecule has 5 nitrogen and oxygen atoms in total. The average molecular weight is 326 g/mol. The molecule has 2 aromatic carbocycles. The van der Waals surface area contributed by atoms with Crippen molar-refractivity contribution in [1.29, 1.82) is 0 Å². The van der Waals surface area contributed by atoms with Crippen LogP contribution in [0.1, 0.15) is 25.7 Å². The highest BCUT2D eigenvalue weighted by Crippen LogP contribution is 2.20. The second-order valence-electron chi connectivity index (χ2n) is 6.01. The van der Waals surface area contributed by atoms with Crippen molar-refractivity contribution in [3.63, 3.8) is 0 Å². The lowest BCUT2D eigenvalue weighted by molar-refractivity contribution is -0.129. The first-order valence-electron chi connectivity index (χ1n) is 8.41. The molecule has 0 unspecified atom stereocenters. The van der Waals surface area contributed by atoms with E-state index in [4.69, 9.17) is 4.74 Å². The topological polar surface area (TPSA) is 67.4 Å². The summed E-state index contributed by atoms with van der Waals surface area (Å²) in [4.78, 5) is 23.8. The number of hydrogen-bond acceptors (Lipinski definition) is 3. The maximum absolute atomic E-state index is 12.0. The zero-order chi connectivity index (χ0) is 16.8. The Labute approximate surface area is 141 Å². The van der Waals surface area contributed by atoms with Crippen LogP contribution in [-0.4, -0.2) is 31.0 Å². The minimum atomic E-state index is -0.416. The highest BCUT2D eigenvalue weighted by Gasteiger charge is 2.22. The van der Waals surface area contributed by atoms with Crippen molar-refractivity contribution in [1.82, 2.24) is 10.6 Å². The Morgan fingerprint density at radius 1 is 1.17 bits per heavy atom. The lowest BCUT2D eigenvalue weighted by atomic mass is 10.1. The fraction of sp³-hybridized carbons (Fsp3) is 0.368. The molecule has 0 aromatic heterocycles. The van der Waals surface area contributed by atoms with E-state index in [2.05, 4.69) is 10.6 Å². The van der Waals surface area contributed by atoms with Gasteiger partial charge in [-0.05, 0) is 42.2 Å². The normalized spacial score (nSPS) is 17.8. The number of carbonyl (C=O) groups excluding carboxylic acids is 2. The highest BCUT2D eigenvalue weighted by atomic mass is 16.5. The minimum Gasteiger partial charge on any atom is -0.493 e. The number of benzene rings is 2. The molecule has 0 saturated carbocycles. The van der Waals surface area contributed by atoms with E-state index in [0.717, 1.165) is 29.4 Å². The molecule has 1 fully saturated rings. The van der Waals surface area contributed by atoms with Gasteiger partial charge in [-0.2, -0.15) is 0 Å². The fourth-order valence-corrected chi connectivity index (χ4v) is 2.86. The molecule has 2 amide bonds. The molecular weight excluding hydrogens is 304 g/mol. The van der Waals surface area contributed by atoms with Crippen LogP contribution in [0.3, 0.4) is 0 Å². The van der Waals surface area contributed by atoms with Crippen LogP contribution in [0.4, 0.5) is 0 Å². The lowest BCUT2D eigenvalue weighted by Crippen LogP contribution is -2.45. The standard InChI is InChI=1S/C19H22N2O3/c22-18(21-17-7-3-4-11-20-19(17)23)10-12-24-16-9-8-14-5-1-2-6-15(14)13-16/h1-2,5-6,8-9,13,17H,3-4,7,10-12H2,(H,20,23)(H,21,22)/t17-/m0/s1. The Kier molecular flexibility index (Phi) is 5.31. The Balaban J connectivity index is 1.48. The number of ether oxygens (including phenoxy) is 1. The molecule has 3 rings (SSSR count). The molecule has 1 saturated heterocycles. The van der Waals surface area contributed by atoms with Crippen LogP contribution >= 0.6 is 0 Å². The predicted molar refractivity (Wildman–Crippen MR) is 92.9 cm³/mol. The lowest BCUT2D eigenvalue weighted by Gasteiger charge is -2.15. The highest BCUT2D eigenvalue weighted by molar-refractivity contribution is 5.87. The fourth-order valence-electron chi connectivity index (χ4n) is 2.86. The van der Waals surface area contributed by atoms with Gasteiger partial charge in [-0.3, -0.25) is 9.59 Å². The summed E-state index contributed by atoms with van der Waals surface area (Å²) in [6.07, 6.45) is 2.83. The van der Waals surface area contributed by atoms with Crippen molar-refractivity contribution in [3.05, 3.63) is 42.5 Å². The van der Waals surface area contributed by atoms with Crippen LogP contribution in [0.2, 0.25) is 0 Å². The Bertz CT molecular complexity index is 729. The second kappa shape index (κ2) is 7.81. The van der Waals surface area contributed by atoms with Crippen molar-refractivity contribution < 1.29 is 14.3 Å². The van der Waals surface area contributed by atoms with Crippen LogP contribution in [0.25, 0.3) is 10.8 Å². The molecular formula is C19H22N2O3. The Morgan fingerprint density at radius 3 is 2.88 bits per heavy atom. The van der Waals surface area contributed by atoms with E-state index >= 15 is 0 Å². The third kappa shape index (κ3) is 4.25. The zero-order valence-electron chi connectivity index (χ0n) is 13.6.